The van der Waals surface area contributed by atoms with E-state index in [0.29, 0.717) is 11.7 Å². The van der Waals surface area contributed by atoms with Crippen molar-refractivity contribution in [2.75, 3.05) is 0 Å². The maximum absolute atomic E-state index is 13.0. The number of benzene rings is 2. The molecule has 2 aromatic rings. The van der Waals surface area contributed by atoms with Crippen LogP contribution < -0.4 is 0 Å². The largest absolute Gasteiger partial charge is 0.284 e. The molecule has 1 amide bonds. The Hall–Kier alpha value is -2.47. The van der Waals surface area contributed by atoms with E-state index in [-0.39, 0.29) is 17.0 Å². The first-order valence-corrected chi connectivity index (χ1v) is 8.81. The van der Waals surface area contributed by atoms with E-state index in [0.717, 1.165) is 11.1 Å². The van der Waals surface area contributed by atoms with Crippen LogP contribution in [0, 0.1) is 12.7 Å². The normalized spacial score (nSPS) is 19.3. The summed E-state index contributed by atoms with van der Waals surface area (Å²) in [5.41, 5.74) is 2.97. The molecule has 0 radical (unpaired) electrons. The van der Waals surface area contributed by atoms with Gasteiger partial charge in [-0.05, 0) is 37.1 Å². The van der Waals surface area contributed by atoms with Gasteiger partial charge >= 0.3 is 0 Å². The molecule has 0 saturated carbocycles. The minimum atomic E-state index is -0.296. The Labute approximate surface area is 150 Å². The summed E-state index contributed by atoms with van der Waals surface area (Å²) in [6, 6.07) is 14.1. The van der Waals surface area contributed by atoms with Crippen molar-refractivity contribution < 1.29 is 9.18 Å². The summed E-state index contributed by atoms with van der Waals surface area (Å²) in [6.45, 7) is 4.23. The zero-order chi connectivity index (χ0) is 17.8. The predicted molar refractivity (Wildman–Crippen MR) is 100 cm³/mol. The van der Waals surface area contributed by atoms with Gasteiger partial charge in [0, 0.05) is 0 Å². The Balaban J connectivity index is 1.76. The summed E-state index contributed by atoms with van der Waals surface area (Å²) in [5, 5.41) is 8.69. The summed E-state index contributed by atoms with van der Waals surface area (Å²) in [5.74, 6) is -0.311. The number of hydrogen-bond acceptors (Lipinski definition) is 4. The van der Waals surface area contributed by atoms with Crippen molar-refractivity contribution in [1.29, 1.82) is 0 Å². The molecule has 1 fully saturated rings. The van der Waals surface area contributed by atoms with E-state index < -0.39 is 0 Å². The molecule has 0 bridgehead atoms. The Morgan fingerprint density at radius 1 is 1.16 bits per heavy atom. The molecule has 1 saturated heterocycles. The van der Waals surface area contributed by atoms with Crippen LogP contribution >= 0.6 is 11.8 Å². The molecule has 1 unspecified atom stereocenters. The highest BCUT2D eigenvalue weighted by Crippen LogP contribution is 2.28. The first-order chi connectivity index (χ1) is 12.0. The van der Waals surface area contributed by atoms with Crippen LogP contribution in [-0.4, -0.2) is 27.4 Å². The third-order valence-electron chi connectivity index (χ3n) is 3.81. The van der Waals surface area contributed by atoms with Crippen LogP contribution in [0.5, 0.6) is 0 Å². The highest BCUT2D eigenvalue weighted by molar-refractivity contribution is 8.15. The van der Waals surface area contributed by atoms with Gasteiger partial charge in [-0.15, -0.1) is 5.10 Å². The summed E-state index contributed by atoms with van der Waals surface area (Å²) < 4.78 is 13.0. The van der Waals surface area contributed by atoms with Crippen molar-refractivity contribution in [1.82, 2.24) is 4.90 Å². The van der Waals surface area contributed by atoms with Gasteiger partial charge in [-0.3, -0.25) is 9.69 Å². The molecule has 3 rings (SSSR count). The van der Waals surface area contributed by atoms with Gasteiger partial charge < -0.3 is 0 Å². The molecule has 1 heterocycles. The van der Waals surface area contributed by atoms with Gasteiger partial charge in [0.2, 0.25) is 5.91 Å². The van der Waals surface area contributed by atoms with Gasteiger partial charge in [0.25, 0.3) is 0 Å². The molecule has 2 aromatic carbocycles. The molecule has 4 nitrogen and oxygen atoms in total. The second-order valence-corrected chi connectivity index (χ2v) is 7.16. The number of amidine groups is 1. The fourth-order valence-electron chi connectivity index (χ4n) is 2.38. The highest BCUT2D eigenvalue weighted by Gasteiger charge is 2.35. The first-order valence-electron chi connectivity index (χ1n) is 7.93. The molecule has 0 N–H and O–H groups in total. The number of aryl methyl sites for hydroxylation is 1. The minimum Gasteiger partial charge on any atom is -0.284 e. The average molecular weight is 355 g/mol. The van der Waals surface area contributed by atoms with Gasteiger partial charge in [0.1, 0.15) is 5.82 Å². The lowest BCUT2D eigenvalue weighted by Crippen LogP contribution is -2.30. The lowest BCUT2D eigenvalue weighted by Gasteiger charge is -2.15. The number of rotatable bonds is 4. The number of carbonyl (C=O) groups excluding carboxylic acids is 1. The number of amides is 1. The topological polar surface area (TPSA) is 45.0 Å². The highest BCUT2D eigenvalue weighted by atomic mass is 32.2. The fourth-order valence-corrected chi connectivity index (χ4v) is 3.30. The van der Waals surface area contributed by atoms with Crippen molar-refractivity contribution in [3.8, 4) is 0 Å². The zero-order valence-electron chi connectivity index (χ0n) is 14.0. The molecule has 6 heteroatoms. The number of halogens is 1. The van der Waals surface area contributed by atoms with E-state index in [2.05, 4.69) is 10.2 Å². The van der Waals surface area contributed by atoms with Crippen LogP contribution in [-0.2, 0) is 11.3 Å². The molecule has 1 aliphatic rings. The predicted octanol–water partition coefficient (Wildman–Crippen LogP) is 3.99. The van der Waals surface area contributed by atoms with E-state index in [4.69, 9.17) is 0 Å². The van der Waals surface area contributed by atoms with Crippen LogP contribution in [0.15, 0.2) is 58.7 Å². The zero-order valence-corrected chi connectivity index (χ0v) is 14.8. The van der Waals surface area contributed by atoms with Crippen molar-refractivity contribution in [2.45, 2.75) is 25.6 Å². The van der Waals surface area contributed by atoms with Crippen LogP contribution in [0.25, 0.3) is 0 Å². The third-order valence-corrected chi connectivity index (χ3v) is 4.88. The van der Waals surface area contributed by atoms with Crippen molar-refractivity contribution in [2.24, 2.45) is 10.2 Å². The maximum Gasteiger partial charge on any atom is 0.242 e. The average Bonchev–Trinajstić information content (AvgIpc) is 2.86. The summed E-state index contributed by atoms with van der Waals surface area (Å²) in [7, 11) is 0. The Bertz CT molecular complexity index is 816. The van der Waals surface area contributed by atoms with Crippen LogP contribution in [0.3, 0.4) is 0 Å². The van der Waals surface area contributed by atoms with Gasteiger partial charge in [-0.25, -0.2) is 4.39 Å². The van der Waals surface area contributed by atoms with E-state index in [1.807, 2.05) is 38.1 Å². The maximum atomic E-state index is 13.0. The second-order valence-electron chi connectivity index (χ2n) is 5.85. The molecular weight excluding hydrogens is 337 g/mol. The third kappa shape index (κ3) is 4.33. The summed E-state index contributed by atoms with van der Waals surface area (Å²) >= 11 is 1.38. The van der Waals surface area contributed by atoms with E-state index in [9.17, 15) is 9.18 Å². The Morgan fingerprint density at radius 3 is 2.52 bits per heavy atom. The van der Waals surface area contributed by atoms with E-state index in [1.54, 1.807) is 23.2 Å². The molecule has 0 aliphatic carbocycles. The Morgan fingerprint density at radius 2 is 1.84 bits per heavy atom. The van der Waals surface area contributed by atoms with Gasteiger partial charge in [-0.2, -0.15) is 5.10 Å². The van der Waals surface area contributed by atoms with E-state index in [1.165, 1.54) is 29.5 Å². The monoisotopic (exact) mass is 355 g/mol. The first kappa shape index (κ1) is 17.4. The number of carbonyl (C=O) groups is 1. The molecule has 0 spiro atoms. The number of nitrogens with zero attached hydrogens (tertiary/aromatic N) is 3. The second kappa shape index (κ2) is 7.61. The molecule has 0 aromatic heterocycles. The SMILES string of the molecule is Cc1ccc(/C=N/N=C2\SC(C)C(=O)N2Cc2ccc(F)cc2)cc1. The van der Waals surface area contributed by atoms with E-state index >= 15 is 0 Å². The van der Waals surface area contributed by atoms with Crippen molar-refractivity contribution >= 4 is 29.1 Å². The van der Waals surface area contributed by atoms with Crippen molar-refractivity contribution in [3.63, 3.8) is 0 Å². The molecule has 1 atom stereocenters. The fraction of sp³-hybridized carbons (Fsp3) is 0.211. The van der Waals surface area contributed by atoms with Gasteiger partial charge in [0.05, 0.1) is 18.0 Å². The number of thioether (sulfide) groups is 1. The lowest BCUT2D eigenvalue weighted by atomic mass is 10.2. The lowest BCUT2D eigenvalue weighted by molar-refractivity contribution is -0.126. The van der Waals surface area contributed by atoms with Crippen LogP contribution in [0.2, 0.25) is 0 Å². The summed E-state index contributed by atoms with van der Waals surface area (Å²) in [4.78, 5) is 13.9. The number of hydrogen-bond donors (Lipinski definition) is 0. The van der Waals surface area contributed by atoms with Gasteiger partial charge in [0.15, 0.2) is 5.17 Å². The quantitative estimate of drug-likeness (QED) is 0.615. The summed E-state index contributed by atoms with van der Waals surface area (Å²) in [6.07, 6.45) is 1.66. The van der Waals surface area contributed by atoms with Crippen LogP contribution in [0.1, 0.15) is 23.6 Å². The smallest absolute Gasteiger partial charge is 0.242 e. The molecule has 25 heavy (non-hydrogen) atoms. The standard InChI is InChI=1S/C19H18FN3OS/c1-13-3-5-15(6-4-13)11-21-22-19-23(18(24)14(2)25-19)12-16-7-9-17(20)10-8-16/h3-11,14H,12H2,1-2H3/b21-11+,22-19-. The van der Waals surface area contributed by atoms with Crippen LogP contribution in [0.4, 0.5) is 4.39 Å². The van der Waals surface area contributed by atoms with Crippen molar-refractivity contribution in [3.05, 3.63) is 71.0 Å². The van der Waals surface area contributed by atoms with Gasteiger partial charge in [-0.1, -0.05) is 53.7 Å². The molecule has 1 aliphatic heterocycles. The molecule has 128 valence electrons. The Kier molecular flexibility index (Phi) is 5.28. The minimum absolute atomic E-state index is 0.0152. The molecular formula is C19H18FN3OS.